The molecule has 0 bridgehead atoms. The van der Waals surface area contributed by atoms with E-state index in [1.807, 2.05) is 29.6 Å². The van der Waals surface area contributed by atoms with Gasteiger partial charge in [0.2, 0.25) is 5.91 Å². The number of hydrogen-bond donors (Lipinski definition) is 0. The maximum absolute atomic E-state index is 12.3. The van der Waals surface area contributed by atoms with Gasteiger partial charge in [-0.15, -0.1) is 0 Å². The van der Waals surface area contributed by atoms with E-state index >= 15 is 0 Å². The summed E-state index contributed by atoms with van der Waals surface area (Å²) in [5.41, 5.74) is 3.42. The molecule has 0 spiro atoms. The lowest BCUT2D eigenvalue weighted by Gasteiger charge is -2.40. The Balaban J connectivity index is 1.82. The summed E-state index contributed by atoms with van der Waals surface area (Å²) in [5.74, 6) is 0.243. The summed E-state index contributed by atoms with van der Waals surface area (Å²) in [4.78, 5) is 14.3. The van der Waals surface area contributed by atoms with Crippen molar-refractivity contribution in [1.82, 2.24) is 14.7 Å². The fourth-order valence-electron chi connectivity index (χ4n) is 3.36. The normalized spacial score (nSPS) is 22.1. The molecule has 0 N–H and O–H groups in total. The van der Waals surface area contributed by atoms with E-state index < -0.39 is 0 Å². The molecule has 1 aromatic carbocycles. The first-order chi connectivity index (χ1) is 10.5. The van der Waals surface area contributed by atoms with Crippen LogP contribution in [0.25, 0.3) is 0 Å². The average molecular weight is 297 g/mol. The molecular weight excluding hydrogens is 274 g/mol. The van der Waals surface area contributed by atoms with Crippen molar-refractivity contribution in [2.75, 3.05) is 6.54 Å². The van der Waals surface area contributed by atoms with Crippen LogP contribution in [0.1, 0.15) is 36.7 Å². The van der Waals surface area contributed by atoms with Crippen molar-refractivity contribution in [2.45, 2.75) is 38.6 Å². The topological polar surface area (TPSA) is 38.1 Å². The van der Waals surface area contributed by atoms with E-state index in [1.54, 1.807) is 0 Å². The number of likely N-dealkylation sites (tertiary alicyclic amines) is 1. The van der Waals surface area contributed by atoms with Crippen LogP contribution in [-0.4, -0.2) is 27.1 Å². The second-order valence-electron chi connectivity index (χ2n) is 6.58. The van der Waals surface area contributed by atoms with Gasteiger partial charge in [-0.1, -0.05) is 37.3 Å². The van der Waals surface area contributed by atoms with Crippen molar-refractivity contribution in [2.24, 2.45) is 7.05 Å². The van der Waals surface area contributed by atoms with Gasteiger partial charge >= 0.3 is 0 Å². The minimum Gasteiger partial charge on any atom is -0.336 e. The fraction of sp³-hybridized carbons (Fsp3) is 0.444. The summed E-state index contributed by atoms with van der Waals surface area (Å²) in [7, 11) is 1.94. The van der Waals surface area contributed by atoms with Crippen LogP contribution in [0.15, 0.2) is 36.4 Å². The molecule has 0 radical (unpaired) electrons. The van der Waals surface area contributed by atoms with Gasteiger partial charge in [0.15, 0.2) is 0 Å². The number of aromatic nitrogens is 2. The summed E-state index contributed by atoms with van der Waals surface area (Å²) in [6, 6.07) is 12.6. The highest BCUT2D eigenvalue weighted by Gasteiger charge is 2.36. The van der Waals surface area contributed by atoms with Gasteiger partial charge in [0.25, 0.3) is 0 Å². The van der Waals surface area contributed by atoms with E-state index in [4.69, 9.17) is 0 Å². The van der Waals surface area contributed by atoms with Crippen LogP contribution >= 0.6 is 0 Å². The van der Waals surface area contributed by atoms with Gasteiger partial charge in [0.05, 0.1) is 17.9 Å². The van der Waals surface area contributed by atoms with Crippen molar-refractivity contribution < 1.29 is 4.79 Å². The van der Waals surface area contributed by atoms with E-state index in [9.17, 15) is 4.79 Å². The van der Waals surface area contributed by atoms with Crippen LogP contribution in [-0.2, 0) is 23.8 Å². The third kappa shape index (κ3) is 2.78. The van der Waals surface area contributed by atoms with Crippen molar-refractivity contribution in [3.8, 4) is 0 Å². The predicted molar refractivity (Wildman–Crippen MR) is 86.4 cm³/mol. The Labute approximate surface area is 131 Å². The Kier molecular flexibility index (Phi) is 3.77. The number of piperidine rings is 1. The molecule has 1 fully saturated rings. The largest absolute Gasteiger partial charge is 0.336 e. The molecule has 1 aliphatic rings. The second-order valence-corrected chi connectivity index (χ2v) is 6.58. The highest BCUT2D eigenvalue weighted by atomic mass is 16.2. The zero-order valence-corrected chi connectivity index (χ0v) is 13.5. The van der Waals surface area contributed by atoms with E-state index in [2.05, 4.69) is 42.4 Å². The Morgan fingerprint density at radius 3 is 2.64 bits per heavy atom. The molecule has 4 nitrogen and oxygen atoms in total. The van der Waals surface area contributed by atoms with Crippen LogP contribution in [0, 0.1) is 6.92 Å². The minimum atomic E-state index is 0.0306. The van der Waals surface area contributed by atoms with Crippen LogP contribution in [0.3, 0.4) is 0 Å². The lowest BCUT2D eigenvalue weighted by Crippen LogP contribution is -2.47. The molecule has 22 heavy (non-hydrogen) atoms. The van der Waals surface area contributed by atoms with Gasteiger partial charge in [-0.3, -0.25) is 9.48 Å². The van der Waals surface area contributed by atoms with Crippen molar-refractivity contribution in [3.63, 3.8) is 0 Å². The van der Waals surface area contributed by atoms with Gasteiger partial charge in [0.1, 0.15) is 0 Å². The molecule has 1 amide bonds. The van der Waals surface area contributed by atoms with Crippen LogP contribution in [0.4, 0.5) is 0 Å². The molecular formula is C18H23N3O. The van der Waals surface area contributed by atoms with Crippen LogP contribution in [0.5, 0.6) is 0 Å². The molecule has 0 aliphatic carbocycles. The van der Waals surface area contributed by atoms with Gasteiger partial charge in [-0.2, -0.15) is 5.10 Å². The third-order valence-electron chi connectivity index (χ3n) is 4.71. The summed E-state index contributed by atoms with van der Waals surface area (Å²) < 4.78 is 1.87. The molecule has 1 aliphatic heterocycles. The van der Waals surface area contributed by atoms with E-state index in [0.717, 1.165) is 24.4 Å². The molecule has 0 saturated carbocycles. The SMILES string of the molecule is Cc1cc(CN2CC(C)(c3ccccc3)CCC2=O)n(C)n1. The fourth-order valence-corrected chi connectivity index (χ4v) is 3.36. The van der Waals surface area contributed by atoms with Crippen molar-refractivity contribution in [3.05, 3.63) is 53.3 Å². The second kappa shape index (κ2) is 5.59. The lowest BCUT2D eigenvalue weighted by molar-refractivity contribution is -0.136. The van der Waals surface area contributed by atoms with Gasteiger partial charge in [-0.05, 0) is 25.0 Å². The molecule has 4 heteroatoms. The molecule has 1 unspecified atom stereocenters. The maximum Gasteiger partial charge on any atom is 0.222 e. The first kappa shape index (κ1) is 14.8. The number of hydrogen-bond acceptors (Lipinski definition) is 2. The molecule has 2 heterocycles. The van der Waals surface area contributed by atoms with Crippen molar-refractivity contribution in [1.29, 1.82) is 0 Å². The standard InChI is InChI=1S/C18H23N3O/c1-14-11-16(20(3)19-14)12-21-13-18(2,10-9-17(21)22)15-7-5-4-6-8-15/h4-8,11H,9-10,12-13H2,1-3H3. The number of rotatable bonds is 3. The highest BCUT2D eigenvalue weighted by Crippen LogP contribution is 2.34. The number of benzene rings is 1. The van der Waals surface area contributed by atoms with Gasteiger partial charge < -0.3 is 4.90 Å². The number of carbonyl (C=O) groups excluding carboxylic acids is 1. The van der Waals surface area contributed by atoms with Gasteiger partial charge in [-0.25, -0.2) is 0 Å². The molecule has 1 atom stereocenters. The Bertz CT molecular complexity index is 677. The van der Waals surface area contributed by atoms with E-state index in [1.165, 1.54) is 5.56 Å². The Morgan fingerprint density at radius 2 is 2.00 bits per heavy atom. The third-order valence-corrected chi connectivity index (χ3v) is 4.71. The van der Waals surface area contributed by atoms with Gasteiger partial charge in [0, 0.05) is 25.4 Å². The lowest BCUT2D eigenvalue weighted by atomic mass is 9.75. The average Bonchev–Trinajstić information content (AvgIpc) is 2.82. The van der Waals surface area contributed by atoms with E-state index in [0.29, 0.717) is 13.0 Å². The minimum absolute atomic E-state index is 0.0306. The molecule has 2 aromatic rings. The Hall–Kier alpha value is -2.10. The summed E-state index contributed by atoms with van der Waals surface area (Å²) in [5, 5.41) is 4.37. The zero-order chi connectivity index (χ0) is 15.7. The number of carbonyl (C=O) groups is 1. The van der Waals surface area contributed by atoms with Crippen LogP contribution in [0.2, 0.25) is 0 Å². The smallest absolute Gasteiger partial charge is 0.222 e. The van der Waals surface area contributed by atoms with Crippen LogP contribution < -0.4 is 0 Å². The summed E-state index contributed by atoms with van der Waals surface area (Å²) in [6.45, 7) is 5.64. The molecule has 116 valence electrons. The zero-order valence-electron chi connectivity index (χ0n) is 13.5. The number of amides is 1. The highest BCUT2D eigenvalue weighted by molar-refractivity contribution is 5.77. The predicted octanol–water partition coefficient (Wildman–Crippen LogP) is 2.81. The molecule has 1 saturated heterocycles. The first-order valence-electron chi connectivity index (χ1n) is 7.81. The summed E-state index contributed by atoms with van der Waals surface area (Å²) in [6.07, 6.45) is 1.53. The quantitative estimate of drug-likeness (QED) is 0.873. The Morgan fingerprint density at radius 1 is 1.27 bits per heavy atom. The molecule has 1 aromatic heterocycles. The maximum atomic E-state index is 12.3. The first-order valence-corrected chi connectivity index (χ1v) is 7.81. The van der Waals surface area contributed by atoms with Crippen molar-refractivity contribution >= 4 is 5.91 Å². The molecule has 3 rings (SSSR count). The number of aryl methyl sites for hydroxylation is 2. The summed E-state index contributed by atoms with van der Waals surface area (Å²) >= 11 is 0. The monoisotopic (exact) mass is 297 g/mol. The number of nitrogens with zero attached hydrogens (tertiary/aromatic N) is 3. The van der Waals surface area contributed by atoms with E-state index in [-0.39, 0.29) is 11.3 Å².